The Morgan fingerprint density at radius 1 is 1.05 bits per heavy atom. The number of anilines is 2. The molecule has 4 rings (SSSR count). The Bertz CT molecular complexity index is 1220. The molecule has 0 saturated carbocycles. The average Bonchev–Trinajstić information content (AvgIpc) is 2.91. The summed E-state index contributed by atoms with van der Waals surface area (Å²) in [5.41, 5.74) is 2.61. The molecule has 0 bridgehead atoms. The van der Waals surface area contributed by atoms with Crippen molar-refractivity contribution in [3.05, 3.63) is 90.0 Å². The van der Waals surface area contributed by atoms with Crippen molar-refractivity contribution in [2.75, 3.05) is 37.4 Å². The summed E-state index contributed by atoms with van der Waals surface area (Å²) in [7, 11) is 2.04. The minimum atomic E-state index is -0.436. The smallest absolute Gasteiger partial charge is 0.323 e. The maximum atomic E-state index is 13.6. The van der Waals surface area contributed by atoms with E-state index in [4.69, 9.17) is 4.74 Å². The minimum absolute atomic E-state index is 0.0366. The van der Waals surface area contributed by atoms with Crippen LogP contribution in [0.25, 0.3) is 0 Å². The third-order valence-electron chi connectivity index (χ3n) is 6.76. The molecule has 38 heavy (non-hydrogen) atoms. The van der Waals surface area contributed by atoms with E-state index >= 15 is 0 Å². The number of urea groups is 1. The standard InChI is InChI=1S/C30H36N4O4/c1-21-17-34(22(2)20-35)29(36)25-15-10-16-26(32-30(37)31-24-13-8-5-9-14-24)28(25)38-27(21)19-33(3)18-23-11-6-4-7-12-23/h4-16,21-22,27,35H,17-20H2,1-3H3,(H2,31,32,37)/t21-,22-,27+/m0/s1. The number of carbonyl (C=O) groups is 2. The van der Waals surface area contributed by atoms with E-state index < -0.39 is 6.03 Å². The van der Waals surface area contributed by atoms with Crippen LogP contribution in [0.15, 0.2) is 78.9 Å². The number of aliphatic hydroxyl groups excluding tert-OH is 1. The molecule has 0 unspecified atom stereocenters. The highest BCUT2D eigenvalue weighted by Gasteiger charge is 2.34. The Balaban J connectivity index is 1.63. The van der Waals surface area contributed by atoms with E-state index in [-0.39, 0.29) is 30.6 Å². The third kappa shape index (κ3) is 6.70. The van der Waals surface area contributed by atoms with Gasteiger partial charge in [-0.15, -0.1) is 0 Å². The Morgan fingerprint density at radius 3 is 2.42 bits per heavy atom. The first-order valence-corrected chi connectivity index (χ1v) is 12.9. The van der Waals surface area contributed by atoms with E-state index in [0.29, 0.717) is 35.8 Å². The molecule has 0 saturated heterocycles. The van der Waals surface area contributed by atoms with Crippen LogP contribution in [0.2, 0.25) is 0 Å². The van der Waals surface area contributed by atoms with E-state index in [0.717, 1.165) is 6.54 Å². The topological polar surface area (TPSA) is 94.1 Å². The zero-order valence-corrected chi connectivity index (χ0v) is 22.1. The lowest BCUT2D eigenvalue weighted by Gasteiger charge is -2.38. The van der Waals surface area contributed by atoms with E-state index in [1.807, 2.05) is 50.4 Å². The van der Waals surface area contributed by atoms with Gasteiger partial charge in [-0.05, 0) is 43.8 Å². The van der Waals surface area contributed by atoms with Crippen LogP contribution in [-0.4, -0.2) is 65.7 Å². The van der Waals surface area contributed by atoms with Crippen LogP contribution in [-0.2, 0) is 6.54 Å². The van der Waals surface area contributed by atoms with Crippen molar-refractivity contribution in [2.24, 2.45) is 5.92 Å². The molecular formula is C30H36N4O4. The molecule has 8 heteroatoms. The molecule has 1 aliphatic heterocycles. The number of rotatable bonds is 8. The van der Waals surface area contributed by atoms with Crippen molar-refractivity contribution in [3.8, 4) is 5.75 Å². The van der Waals surface area contributed by atoms with E-state index in [1.165, 1.54) is 5.56 Å². The van der Waals surface area contributed by atoms with Crippen molar-refractivity contribution >= 4 is 23.3 Å². The van der Waals surface area contributed by atoms with Crippen LogP contribution in [0.3, 0.4) is 0 Å². The molecule has 0 spiro atoms. The number of fused-ring (bicyclic) bond motifs is 1. The second-order valence-corrected chi connectivity index (χ2v) is 9.93. The van der Waals surface area contributed by atoms with Crippen LogP contribution in [0.1, 0.15) is 29.8 Å². The predicted molar refractivity (Wildman–Crippen MR) is 149 cm³/mol. The van der Waals surface area contributed by atoms with Crippen LogP contribution >= 0.6 is 0 Å². The molecular weight excluding hydrogens is 480 g/mol. The molecule has 3 aromatic carbocycles. The van der Waals surface area contributed by atoms with Crippen molar-refractivity contribution in [1.82, 2.24) is 9.80 Å². The number of likely N-dealkylation sites (N-methyl/N-ethyl adjacent to an activating group) is 1. The van der Waals surface area contributed by atoms with Gasteiger partial charge in [0.2, 0.25) is 0 Å². The number of nitrogens with zero attached hydrogens (tertiary/aromatic N) is 2. The SMILES string of the molecule is C[C@H]1CN([C@@H](C)CO)C(=O)c2cccc(NC(=O)Nc3ccccc3)c2O[C@@H]1CN(C)Cc1ccccc1. The first-order chi connectivity index (χ1) is 18.4. The Morgan fingerprint density at radius 2 is 1.74 bits per heavy atom. The Kier molecular flexibility index (Phi) is 8.99. The van der Waals surface area contributed by atoms with Crippen LogP contribution in [0, 0.1) is 5.92 Å². The highest BCUT2D eigenvalue weighted by Crippen LogP contribution is 2.35. The summed E-state index contributed by atoms with van der Waals surface area (Å²) in [5.74, 6) is 0.0580. The monoisotopic (exact) mass is 516 g/mol. The quantitative estimate of drug-likeness (QED) is 0.404. The molecule has 3 N–H and O–H groups in total. The van der Waals surface area contributed by atoms with E-state index in [2.05, 4.69) is 34.6 Å². The van der Waals surface area contributed by atoms with Crippen molar-refractivity contribution in [2.45, 2.75) is 32.5 Å². The van der Waals surface area contributed by atoms with Gasteiger partial charge < -0.3 is 25.4 Å². The van der Waals surface area contributed by atoms with Crippen LogP contribution < -0.4 is 15.4 Å². The lowest BCUT2D eigenvalue weighted by atomic mass is 9.99. The molecule has 3 atom stereocenters. The number of ether oxygens (including phenoxy) is 1. The summed E-state index contributed by atoms with van der Waals surface area (Å²) in [6.07, 6.45) is -0.274. The number of para-hydroxylation sites is 2. The van der Waals surface area contributed by atoms with Gasteiger partial charge in [-0.1, -0.05) is 61.5 Å². The fourth-order valence-corrected chi connectivity index (χ4v) is 4.63. The average molecular weight is 517 g/mol. The number of carbonyl (C=O) groups excluding carboxylic acids is 2. The second kappa shape index (κ2) is 12.6. The number of amides is 3. The van der Waals surface area contributed by atoms with Gasteiger partial charge in [0.25, 0.3) is 5.91 Å². The molecule has 0 radical (unpaired) electrons. The summed E-state index contributed by atoms with van der Waals surface area (Å²) in [6.45, 7) is 5.53. The van der Waals surface area contributed by atoms with Crippen molar-refractivity contribution < 1.29 is 19.4 Å². The first kappa shape index (κ1) is 27.2. The largest absolute Gasteiger partial charge is 0.486 e. The number of hydrogen-bond acceptors (Lipinski definition) is 5. The molecule has 1 aliphatic rings. The van der Waals surface area contributed by atoms with Gasteiger partial charge in [0.15, 0.2) is 5.75 Å². The fourth-order valence-electron chi connectivity index (χ4n) is 4.63. The maximum absolute atomic E-state index is 13.6. The predicted octanol–water partition coefficient (Wildman–Crippen LogP) is 4.68. The van der Waals surface area contributed by atoms with Gasteiger partial charge in [0.05, 0.1) is 23.9 Å². The summed E-state index contributed by atoms with van der Waals surface area (Å²) in [4.78, 5) is 30.4. The molecule has 0 aromatic heterocycles. The summed E-state index contributed by atoms with van der Waals surface area (Å²) in [5, 5.41) is 15.6. The molecule has 1 heterocycles. The first-order valence-electron chi connectivity index (χ1n) is 12.9. The van der Waals surface area contributed by atoms with Crippen LogP contribution in [0.5, 0.6) is 5.75 Å². The van der Waals surface area contributed by atoms with Gasteiger partial charge in [0, 0.05) is 31.2 Å². The van der Waals surface area contributed by atoms with Crippen molar-refractivity contribution in [3.63, 3.8) is 0 Å². The van der Waals surface area contributed by atoms with Gasteiger partial charge in [-0.25, -0.2) is 4.79 Å². The summed E-state index contributed by atoms with van der Waals surface area (Å²) < 4.78 is 6.58. The summed E-state index contributed by atoms with van der Waals surface area (Å²) in [6, 6.07) is 23.7. The van der Waals surface area contributed by atoms with Gasteiger partial charge in [-0.2, -0.15) is 0 Å². The maximum Gasteiger partial charge on any atom is 0.323 e. The summed E-state index contributed by atoms with van der Waals surface area (Å²) >= 11 is 0. The molecule has 200 valence electrons. The number of hydrogen-bond donors (Lipinski definition) is 3. The highest BCUT2D eigenvalue weighted by molar-refractivity contribution is 6.04. The highest BCUT2D eigenvalue weighted by atomic mass is 16.5. The Labute approximate surface area is 224 Å². The number of aliphatic hydroxyl groups is 1. The van der Waals surface area contributed by atoms with E-state index in [9.17, 15) is 14.7 Å². The van der Waals surface area contributed by atoms with Gasteiger partial charge in [0.1, 0.15) is 6.10 Å². The molecule has 0 aliphatic carbocycles. The minimum Gasteiger partial charge on any atom is -0.486 e. The van der Waals surface area contributed by atoms with Gasteiger partial charge >= 0.3 is 6.03 Å². The van der Waals surface area contributed by atoms with Crippen LogP contribution in [0.4, 0.5) is 16.2 Å². The normalized spacial score (nSPS) is 18.1. The zero-order valence-electron chi connectivity index (χ0n) is 22.1. The second-order valence-electron chi connectivity index (χ2n) is 9.93. The number of benzene rings is 3. The lowest BCUT2D eigenvalue weighted by molar-refractivity contribution is 0.0343. The van der Waals surface area contributed by atoms with Crippen molar-refractivity contribution in [1.29, 1.82) is 0 Å². The fraction of sp³-hybridized carbons (Fsp3) is 0.333. The zero-order chi connectivity index (χ0) is 27.1. The third-order valence-corrected chi connectivity index (χ3v) is 6.76. The molecule has 0 fully saturated rings. The molecule has 8 nitrogen and oxygen atoms in total. The lowest BCUT2D eigenvalue weighted by Crippen LogP contribution is -2.49. The Hall–Kier alpha value is -3.88. The molecule has 3 amide bonds. The van der Waals surface area contributed by atoms with E-state index in [1.54, 1.807) is 35.2 Å². The number of nitrogens with one attached hydrogen (secondary N) is 2. The molecule has 3 aromatic rings. The van der Waals surface area contributed by atoms with Gasteiger partial charge in [-0.3, -0.25) is 9.69 Å².